The Morgan fingerprint density at radius 1 is 0.970 bits per heavy atom. The highest BCUT2D eigenvalue weighted by molar-refractivity contribution is 6.09. The van der Waals surface area contributed by atoms with Gasteiger partial charge in [-0.3, -0.25) is 24.6 Å². The topological polar surface area (TPSA) is 107 Å². The third kappa shape index (κ3) is 3.42. The number of aromatic hydroxyl groups is 1. The van der Waals surface area contributed by atoms with Crippen LogP contribution < -0.4 is 5.32 Å². The monoisotopic (exact) mass is 448 g/mol. The number of phenolic OH excluding ortho intramolecular Hbond substituents is 1. The second kappa shape index (κ2) is 8.30. The van der Waals surface area contributed by atoms with Gasteiger partial charge in [0.25, 0.3) is 0 Å². The fraction of sp³-hybridized carbons (Fsp3) is 0.423. The van der Waals surface area contributed by atoms with Crippen molar-refractivity contribution < 1.29 is 24.6 Å². The molecule has 4 atom stereocenters. The predicted octanol–water partition coefficient (Wildman–Crippen LogP) is 3.04. The zero-order valence-electron chi connectivity index (χ0n) is 18.3. The van der Waals surface area contributed by atoms with E-state index >= 15 is 0 Å². The number of rotatable bonds is 5. The lowest BCUT2D eigenvalue weighted by Gasteiger charge is -2.34. The smallest absolute Gasteiger partial charge is 0.325 e. The minimum Gasteiger partial charge on any atom is -0.508 e. The summed E-state index contributed by atoms with van der Waals surface area (Å²) >= 11 is 0. The van der Waals surface area contributed by atoms with E-state index in [1.165, 1.54) is 11.0 Å². The molecule has 5 rings (SSSR count). The number of para-hydroxylation sites is 1. The molecular formula is C26H28N2O5. The molecule has 2 saturated heterocycles. The maximum atomic E-state index is 13.8. The molecule has 3 fully saturated rings. The van der Waals surface area contributed by atoms with Gasteiger partial charge in [0.2, 0.25) is 11.8 Å². The van der Waals surface area contributed by atoms with Gasteiger partial charge in [-0.2, -0.15) is 0 Å². The third-order valence-corrected chi connectivity index (χ3v) is 7.61. The van der Waals surface area contributed by atoms with Crippen molar-refractivity contribution >= 4 is 17.8 Å². The Bertz CT molecular complexity index is 1080. The van der Waals surface area contributed by atoms with Gasteiger partial charge >= 0.3 is 5.97 Å². The molecule has 2 aromatic rings. The molecule has 7 heteroatoms. The van der Waals surface area contributed by atoms with Crippen molar-refractivity contribution in [3.63, 3.8) is 0 Å². The van der Waals surface area contributed by atoms with Gasteiger partial charge in [-0.25, -0.2) is 0 Å². The van der Waals surface area contributed by atoms with Crippen LogP contribution in [0.5, 0.6) is 5.75 Å². The summed E-state index contributed by atoms with van der Waals surface area (Å²) in [5.41, 5.74) is -0.453. The molecule has 4 unspecified atom stereocenters. The number of nitrogens with zero attached hydrogens (tertiary/aromatic N) is 1. The standard InChI is InChI=1S/C26H28N2O5/c29-19-14-8-7-13-18(19)22-20-21(24(31)28(23(20)30)17-11-5-2-6-12-17)26(27-22,25(32)33)15-16-9-3-1-4-10-16/h1,3-4,7-10,13-14,17,20-22,27,29H,2,5-6,11-12,15H2,(H,32,33). The van der Waals surface area contributed by atoms with Crippen LogP contribution in [0.1, 0.15) is 49.3 Å². The fourth-order valence-electron chi connectivity index (χ4n) is 6.09. The number of carbonyl (C=O) groups is 3. The Balaban J connectivity index is 1.63. The minimum atomic E-state index is -1.66. The number of fused-ring (bicyclic) bond motifs is 1. The number of imide groups is 1. The van der Waals surface area contributed by atoms with Crippen molar-refractivity contribution in [3.05, 3.63) is 65.7 Å². The minimum absolute atomic E-state index is 0.0222. The van der Waals surface area contributed by atoms with Crippen LogP contribution in [0.4, 0.5) is 0 Å². The average molecular weight is 449 g/mol. The summed E-state index contributed by atoms with van der Waals surface area (Å²) in [6, 6.07) is 14.8. The first-order valence-electron chi connectivity index (χ1n) is 11.6. The van der Waals surface area contributed by atoms with E-state index in [9.17, 15) is 24.6 Å². The van der Waals surface area contributed by atoms with E-state index in [0.717, 1.165) is 37.7 Å². The number of hydrogen-bond donors (Lipinski definition) is 3. The molecule has 0 aromatic heterocycles. The largest absolute Gasteiger partial charge is 0.508 e. The van der Waals surface area contributed by atoms with E-state index in [4.69, 9.17) is 0 Å². The van der Waals surface area contributed by atoms with Crippen LogP contribution in [-0.4, -0.2) is 44.5 Å². The van der Waals surface area contributed by atoms with Crippen LogP contribution >= 0.6 is 0 Å². The summed E-state index contributed by atoms with van der Waals surface area (Å²) < 4.78 is 0. The maximum absolute atomic E-state index is 13.8. The van der Waals surface area contributed by atoms with E-state index in [1.807, 2.05) is 30.3 Å². The number of carboxylic acid groups (broad SMARTS) is 1. The zero-order chi connectivity index (χ0) is 23.2. The number of aliphatic carboxylic acids is 1. The molecule has 2 aromatic carbocycles. The van der Waals surface area contributed by atoms with Crippen LogP contribution in [0, 0.1) is 11.8 Å². The first-order valence-corrected chi connectivity index (χ1v) is 11.6. The second-order valence-electron chi connectivity index (χ2n) is 9.46. The van der Waals surface area contributed by atoms with Crippen LogP contribution in [0.15, 0.2) is 54.6 Å². The fourth-order valence-corrected chi connectivity index (χ4v) is 6.09. The first kappa shape index (κ1) is 21.6. The van der Waals surface area contributed by atoms with E-state index < -0.39 is 35.3 Å². The van der Waals surface area contributed by atoms with E-state index in [1.54, 1.807) is 18.2 Å². The molecular weight excluding hydrogens is 420 g/mol. The van der Waals surface area contributed by atoms with E-state index in [-0.39, 0.29) is 24.1 Å². The number of phenols is 1. The Kier molecular flexibility index (Phi) is 5.44. The van der Waals surface area contributed by atoms with Crippen molar-refractivity contribution in [2.24, 2.45) is 11.8 Å². The Morgan fingerprint density at radius 2 is 1.64 bits per heavy atom. The molecule has 0 spiro atoms. The van der Waals surface area contributed by atoms with Crippen molar-refractivity contribution in [2.75, 3.05) is 0 Å². The van der Waals surface area contributed by atoms with Gasteiger partial charge in [0, 0.05) is 24.1 Å². The molecule has 3 N–H and O–H groups in total. The summed E-state index contributed by atoms with van der Waals surface area (Å²) in [6.45, 7) is 0. The van der Waals surface area contributed by atoms with Crippen molar-refractivity contribution in [1.82, 2.24) is 10.2 Å². The van der Waals surface area contributed by atoms with Gasteiger partial charge in [0.05, 0.1) is 11.8 Å². The molecule has 1 saturated carbocycles. The lowest BCUT2D eigenvalue weighted by molar-refractivity contribution is -0.152. The second-order valence-corrected chi connectivity index (χ2v) is 9.46. The molecule has 3 aliphatic rings. The molecule has 2 amide bonds. The van der Waals surface area contributed by atoms with Crippen molar-refractivity contribution in [1.29, 1.82) is 0 Å². The average Bonchev–Trinajstić information content (AvgIpc) is 3.29. The number of amides is 2. The number of carbonyl (C=O) groups excluding carboxylic acids is 2. The number of hydrogen-bond acceptors (Lipinski definition) is 5. The molecule has 0 bridgehead atoms. The maximum Gasteiger partial charge on any atom is 0.325 e. The van der Waals surface area contributed by atoms with Crippen LogP contribution in [0.3, 0.4) is 0 Å². The van der Waals surface area contributed by atoms with Gasteiger partial charge in [-0.15, -0.1) is 0 Å². The van der Waals surface area contributed by atoms with Crippen molar-refractivity contribution in [3.8, 4) is 5.75 Å². The van der Waals surface area contributed by atoms with E-state index in [2.05, 4.69) is 5.32 Å². The lowest BCUT2D eigenvalue weighted by Crippen LogP contribution is -2.58. The zero-order valence-corrected chi connectivity index (χ0v) is 18.3. The number of benzene rings is 2. The van der Waals surface area contributed by atoms with Gasteiger partial charge in [0.15, 0.2) is 0 Å². The predicted molar refractivity (Wildman–Crippen MR) is 120 cm³/mol. The third-order valence-electron chi connectivity index (χ3n) is 7.61. The first-order chi connectivity index (χ1) is 15.9. The van der Waals surface area contributed by atoms with Crippen LogP contribution in [0.25, 0.3) is 0 Å². The highest BCUT2D eigenvalue weighted by atomic mass is 16.4. The van der Waals surface area contributed by atoms with Gasteiger partial charge in [0.1, 0.15) is 11.3 Å². The molecule has 172 valence electrons. The quantitative estimate of drug-likeness (QED) is 0.607. The molecule has 2 heterocycles. The summed E-state index contributed by atoms with van der Waals surface area (Å²) in [6.07, 6.45) is 4.55. The van der Waals surface area contributed by atoms with Gasteiger partial charge in [-0.05, 0) is 24.5 Å². The highest BCUT2D eigenvalue weighted by Gasteiger charge is 2.69. The van der Waals surface area contributed by atoms with Gasteiger partial charge in [-0.1, -0.05) is 67.8 Å². The number of nitrogens with one attached hydrogen (secondary N) is 1. The Hall–Kier alpha value is -3.19. The molecule has 2 aliphatic heterocycles. The van der Waals surface area contributed by atoms with Crippen LogP contribution in [0.2, 0.25) is 0 Å². The Labute approximate surface area is 192 Å². The molecule has 33 heavy (non-hydrogen) atoms. The molecule has 0 radical (unpaired) electrons. The Morgan fingerprint density at radius 3 is 2.30 bits per heavy atom. The number of carboxylic acids is 1. The summed E-state index contributed by atoms with van der Waals surface area (Å²) in [5, 5.41) is 24.2. The summed E-state index contributed by atoms with van der Waals surface area (Å²) in [4.78, 5) is 41.8. The normalized spacial score (nSPS) is 29.9. The number of likely N-dealkylation sites (tertiary alicyclic amines) is 1. The SMILES string of the molecule is O=C1C2C(c3ccccc3O)NC(Cc3ccccc3)(C(=O)O)C2C(=O)N1C1CCCCC1. The van der Waals surface area contributed by atoms with E-state index in [0.29, 0.717) is 5.56 Å². The van der Waals surface area contributed by atoms with Crippen molar-refractivity contribution in [2.45, 2.75) is 56.1 Å². The molecule has 1 aliphatic carbocycles. The van der Waals surface area contributed by atoms with Gasteiger partial charge < -0.3 is 10.2 Å². The summed E-state index contributed by atoms with van der Waals surface area (Å²) in [7, 11) is 0. The van der Waals surface area contributed by atoms with Crippen LogP contribution in [-0.2, 0) is 20.8 Å². The highest BCUT2D eigenvalue weighted by Crippen LogP contribution is 2.52. The lowest BCUT2D eigenvalue weighted by atomic mass is 9.76. The molecule has 7 nitrogen and oxygen atoms in total. The summed E-state index contributed by atoms with van der Waals surface area (Å²) in [5.74, 6) is -3.84.